The van der Waals surface area contributed by atoms with Gasteiger partial charge in [0.2, 0.25) is 0 Å². The molecule has 2 N–H and O–H groups in total. The summed E-state index contributed by atoms with van der Waals surface area (Å²) in [6, 6.07) is 2.13. The summed E-state index contributed by atoms with van der Waals surface area (Å²) in [6.07, 6.45) is 4.73. The van der Waals surface area contributed by atoms with E-state index in [2.05, 4.69) is 10.6 Å². The van der Waals surface area contributed by atoms with Crippen molar-refractivity contribution in [2.75, 3.05) is 13.1 Å². The molecule has 2 rings (SSSR count). The Labute approximate surface area is 83.3 Å². The van der Waals surface area contributed by atoms with Crippen LogP contribution in [0.2, 0.25) is 0 Å². The smallest absolute Gasteiger partial charge is 0.253 e. The summed E-state index contributed by atoms with van der Waals surface area (Å²) >= 11 is 0. The van der Waals surface area contributed by atoms with Crippen molar-refractivity contribution < 1.29 is 4.79 Å². The van der Waals surface area contributed by atoms with Gasteiger partial charge in [0.25, 0.3) is 5.91 Å². The number of carbonyl (C=O) groups excluding carboxylic acids is 1. The molecule has 1 aromatic heterocycles. The van der Waals surface area contributed by atoms with Crippen LogP contribution in [0.3, 0.4) is 0 Å². The second-order valence-corrected chi connectivity index (χ2v) is 3.73. The van der Waals surface area contributed by atoms with Crippen molar-refractivity contribution in [1.29, 1.82) is 0 Å². The molecule has 76 valence electrons. The Morgan fingerprint density at radius 3 is 3.14 bits per heavy atom. The largest absolute Gasteiger partial charge is 0.356 e. The summed E-state index contributed by atoms with van der Waals surface area (Å²) < 4.78 is 1.88. The van der Waals surface area contributed by atoms with E-state index in [-0.39, 0.29) is 5.91 Å². The van der Waals surface area contributed by atoms with E-state index in [0.717, 1.165) is 25.1 Å². The molecule has 0 bridgehead atoms. The van der Waals surface area contributed by atoms with E-state index in [1.165, 1.54) is 0 Å². The van der Waals surface area contributed by atoms with Crippen molar-refractivity contribution in [3.8, 4) is 0 Å². The molecule has 4 nitrogen and oxygen atoms in total. The topological polar surface area (TPSA) is 46.1 Å². The van der Waals surface area contributed by atoms with Crippen LogP contribution in [0.4, 0.5) is 0 Å². The summed E-state index contributed by atoms with van der Waals surface area (Å²) in [5, 5.41) is 6.21. The zero-order valence-corrected chi connectivity index (χ0v) is 8.29. The molecule has 0 radical (unpaired) electrons. The van der Waals surface area contributed by atoms with Crippen LogP contribution in [0.5, 0.6) is 0 Å². The average Bonchev–Trinajstić information content (AvgIpc) is 2.75. The van der Waals surface area contributed by atoms with E-state index in [1.807, 2.05) is 30.1 Å². The number of hydrogen-bond donors (Lipinski definition) is 2. The van der Waals surface area contributed by atoms with Gasteiger partial charge in [-0.2, -0.15) is 0 Å². The number of hydrogen-bond acceptors (Lipinski definition) is 2. The molecule has 4 heteroatoms. The zero-order chi connectivity index (χ0) is 9.97. The first kappa shape index (κ1) is 9.27. The number of nitrogens with zero attached hydrogens (tertiary/aromatic N) is 1. The van der Waals surface area contributed by atoms with Gasteiger partial charge < -0.3 is 15.2 Å². The van der Waals surface area contributed by atoms with E-state index in [0.29, 0.717) is 6.04 Å². The second kappa shape index (κ2) is 3.84. The maximum Gasteiger partial charge on any atom is 0.253 e. The van der Waals surface area contributed by atoms with Gasteiger partial charge in [-0.1, -0.05) is 0 Å². The van der Waals surface area contributed by atoms with Gasteiger partial charge in [-0.3, -0.25) is 4.79 Å². The third-order valence-electron chi connectivity index (χ3n) is 2.49. The molecule has 2 heterocycles. The molecule has 14 heavy (non-hydrogen) atoms. The fourth-order valence-electron chi connectivity index (χ4n) is 1.68. The molecule has 0 aliphatic carbocycles. The van der Waals surface area contributed by atoms with Gasteiger partial charge >= 0.3 is 0 Å². The highest BCUT2D eigenvalue weighted by Crippen LogP contribution is 2.02. The Bertz CT molecular complexity index is 326. The summed E-state index contributed by atoms with van der Waals surface area (Å²) in [5.74, 6) is 0.0271. The Balaban J connectivity index is 1.95. The van der Waals surface area contributed by atoms with Crippen LogP contribution in [0.15, 0.2) is 18.5 Å². The molecule has 1 aromatic rings. The minimum atomic E-state index is 0.0271. The van der Waals surface area contributed by atoms with Crippen LogP contribution in [0.25, 0.3) is 0 Å². The molecule has 1 unspecified atom stereocenters. The first-order chi connectivity index (χ1) is 6.75. The van der Waals surface area contributed by atoms with Gasteiger partial charge in [-0.05, 0) is 19.0 Å². The monoisotopic (exact) mass is 193 g/mol. The lowest BCUT2D eigenvalue weighted by atomic mass is 10.2. The highest BCUT2D eigenvalue weighted by Gasteiger charge is 2.17. The van der Waals surface area contributed by atoms with Crippen LogP contribution in [0, 0.1) is 0 Å². The number of aryl methyl sites for hydroxylation is 1. The molecule has 0 aromatic carbocycles. The number of carbonyl (C=O) groups is 1. The fourth-order valence-corrected chi connectivity index (χ4v) is 1.68. The standard InChI is InChI=1S/C10H15N3O/c1-13-5-3-8(7-13)10(14)12-9-2-4-11-6-9/h3,5,7,9,11H,2,4,6H2,1H3,(H,12,14). The summed E-state index contributed by atoms with van der Waals surface area (Å²) in [6.45, 7) is 1.89. The van der Waals surface area contributed by atoms with Gasteiger partial charge in [0.1, 0.15) is 0 Å². The van der Waals surface area contributed by atoms with Crippen LogP contribution < -0.4 is 10.6 Å². The molecule has 1 aliphatic rings. The summed E-state index contributed by atoms with van der Waals surface area (Å²) in [4.78, 5) is 11.7. The molecule has 1 fully saturated rings. The summed E-state index contributed by atoms with van der Waals surface area (Å²) in [5.41, 5.74) is 0.736. The van der Waals surface area contributed by atoms with Gasteiger partial charge in [0.15, 0.2) is 0 Å². The molecule has 1 atom stereocenters. The highest BCUT2D eigenvalue weighted by molar-refractivity contribution is 5.94. The Morgan fingerprint density at radius 2 is 2.57 bits per heavy atom. The van der Waals surface area contributed by atoms with Crippen LogP contribution in [-0.2, 0) is 7.05 Å². The van der Waals surface area contributed by atoms with Crippen LogP contribution in [0.1, 0.15) is 16.8 Å². The van der Waals surface area contributed by atoms with Gasteiger partial charge in [0, 0.05) is 32.0 Å². The summed E-state index contributed by atoms with van der Waals surface area (Å²) in [7, 11) is 1.91. The number of rotatable bonds is 2. The second-order valence-electron chi connectivity index (χ2n) is 3.73. The zero-order valence-electron chi connectivity index (χ0n) is 8.29. The minimum Gasteiger partial charge on any atom is -0.356 e. The average molecular weight is 193 g/mol. The SMILES string of the molecule is Cn1ccc(C(=O)NC2CCNC2)c1. The lowest BCUT2D eigenvalue weighted by Gasteiger charge is -2.09. The van der Waals surface area contributed by atoms with Crippen molar-refractivity contribution in [2.45, 2.75) is 12.5 Å². The Morgan fingerprint density at radius 1 is 1.71 bits per heavy atom. The molecule has 1 amide bonds. The molecule has 0 spiro atoms. The lowest BCUT2D eigenvalue weighted by Crippen LogP contribution is -2.36. The fraction of sp³-hybridized carbons (Fsp3) is 0.500. The Hall–Kier alpha value is -1.29. The number of amides is 1. The maximum atomic E-state index is 11.7. The lowest BCUT2D eigenvalue weighted by molar-refractivity contribution is 0.0940. The van der Waals surface area contributed by atoms with Gasteiger partial charge in [-0.15, -0.1) is 0 Å². The first-order valence-corrected chi connectivity index (χ1v) is 4.89. The first-order valence-electron chi connectivity index (χ1n) is 4.89. The van der Waals surface area contributed by atoms with Crippen molar-refractivity contribution in [1.82, 2.24) is 15.2 Å². The highest BCUT2D eigenvalue weighted by atomic mass is 16.1. The predicted octanol–water partition coefficient (Wildman–Crippen LogP) is 0.117. The van der Waals surface area contributed by atoms with E-state index in [4.69, 9.17) is 0 Å². The van der Waals surface area contributed by atoms with Crippen molar-refractivity contribution in [3.05, 3.63) is 24.0 Å². The third kappa shape index (κ3) is 1.96. The molecule has 1 saturated heterocycles. The maximum absolute atomic E-state index is 11.7. The molecular weight excluding hydrogens is 178 g/mol. The molecule has 1 aliphatic heterocycles. The molecule has 0 saturated carbocycles. The van der Waals surface area contributed by atoms with Crippen molar-refractivity contribution in [3.63, 3.8) is 0 Å². The van der Waals surface area contributed by atoms with Crippen LogP contribution in [-0.4, -0.2) is 29.6 Å². The van der Waals surface area contributed by atoms with E-state index < -0.39 is 0 Å². The predicted molar refractivity (Wildman–Crippen MR) is 54.2 cm³/mol. The van der Waals surface area contributed by atoms with Crippen LogP contribution >= 0.6 is 0 Å². The molecular formula is C10H15N3O. The number of nitrogens with one attached hydrogen (secondary N) is 2. The van der Waals surface area contributed by atoms with E-state index >= 15 is 0 Å². The number of aromatic nitrogens is 1. The Kier molecular flexibility index (Phi) is 2.54. The van der Waals surface area contributed by atoms with E-state index in [1.54, 1.807) is 0 Å². The van der Waals surface area contributed by atoms with E-state index in [9.17, 15) is 4.79 Å². The normalized spacial score (nSPS) is 21.1. The van der Waals surface area contributed by atoms with Crippen molar-refractivity contribution in [2.24, 2.45) is 7.05 Å². The minimum absolute atomic E-state index is 0.0271. The van der Waals surface area contributed by atoms with Gasteiger partial charge in [-0.25, -0.2) is 0 Å². The van der Waals surface area contributed by atoms with Gasteiger partial charge in [0.05, 0.1) is 5.56 Å². The van der Waals surface area contributed by atoms with Crippen molar-refractivity contribution >= 4 is 5.91 Å². The quantitative estimate of drug-likeness (QED) is 0.700. The third-order valence-corrected chi connectivity index (χ3v) is 2.49.